The maximum atomic E-state index is 12.1. The maximum absolute atomic E-state index is 12.1. The summed E-state index contributed by atoms with van der Waals surface area (Å²) in [6.07, 6.45) is 0.389. The number of aliphatic hydroxyl groups excluding tert-OH is 1. The normalized spacial score (nSPS) is 13.1. The van der Waals surface area contributed by atoms with Crippen LogP contribution in [-0.4, -0.2) is 50.3 Å². The standard InChI is InChI=1S/C12H18N2O4S/c1-8(15)7-14(2)12(16)9-4-10(13)6-11(5-9)19(3,17)18/h4-6,8,15H,7,13H2,1-3H3. The van der Waals surface area contributed by atoms with Crippen LogP contribution in [0.15, 0.2) is 23.1 Å². The third kappa shape index (κ3) is 4.22. The lowest BCUT2D eigenvalue weighted by atomic mass is 10.1. The first-order valence-corrected chi connectivity index (χ1v) is 7.54. The van der Waals surface area contributed by atoms with Crippen molar-refractivity contribution in [2.75, 3.05) is 25.6 Å². The van der Waals surface area contributed by atoms with Crippen LogP contribution in [0.5, 0.6) is 0 Å². The zero-order valence-electron chi connectivity index (χ0n) is 11.1. The average molecular weight is 286 g/mol. The zero-order chi connectivity index (χ0) is 14.8. The van der Waals surface area contributed by atoms with E-state index in [4.69, 9.17) is 5.73 Å². The summed E-state index contributed by atoms with van der Waals surface area (Å²) in [6, 6.07) is 4.00. The molecule has 3 N–H and O–H groups in total. The van der Waals surface area contributed by atoms with E-state index < -0.39 is 21.8 Å². The van der Waals surface area contributed by atoms with Crippen LogP contribution in [-0.2, 0) is 9.84 Å². The van der Waals surface area contributed by atoms with Gasteiger partial charge in [0, 0.05) is 31.1 Å². The lowest BCUT2D eigenvalue weighted by molar-refractivity contribution is 0.0703. The lowest BCUT2D eigenvalue weighted by Gasteiger charge is -2.19. The Morgan fingerprint density at radius 1 is 1.42 bits per heavy atom. The second-order valence-electron chi connectivity index (χ2n) is 4.60. The van der Waals surface area contributed by atoms with Crippen molar-refractivity contribution >= 4 is 21.4 Å². The van der Waals surface area contributed by atoms with Crippen molar-refractivity contribution in [3.63, 3.8) is 0 Å². The quantitative estimate of drug-likeness (QED) is 0.766. The smallest absolute Gasteiger partial charge is 0.253 e. The second kappa shape index (κ2) is 5.58. The Morgan fingerprint density at radius 3 is 2.47 bits per heavy atom. The number of benzene rings is 1. The Bertz CT molecular complexity index is 581. The number of nitrogen functional groups attached to an aromatic ring is 1. The molecule has 0 radical (unpaired) electrons. The molecule has 1 aromatic rings. The largest absolute Gasteiger partial charge is 0.399 e. The second-order valence-corrected chi connectivity index (χ2v) is 6.61. The van der Waals surface area contributed by atoms with Crippen molar-refractivity contribution in [3.8, 4) is 0 Å². The number of anilines is 1. The minimum atomic E-state index is -3.43. The molecule has 1 rings (SSSR count). The van der Waals surface area contributed by atoms with Gasteiger partial charge in [-0.3, -0.25) is 4.79 Å². The number of hydrogen-bond donors (Lipinski definition) is 2. The maximum Gasteiger partial charge on any atom is 0.253 e. The Morgan fingerprint density at radius 2 is 2.00 bits per heavy atom. The minimum absolute atomic E-state index is 0.00120. The number of rotatable bonds is 4. The van der Waals surface area contributed by atoms with E-state index in [1.54, 1.807) is 6.92 Å². The molecule has 6 nitrogen and oxygen atoms in total. The number of nitrogens with zero attached hydrogens (tertiary/aromatic N) is 1. The number of carbonyl (C=O) groups excluding carboxylic acids is 1. The monoisotopic (exact) mass is 286 g/mol. The van der Waals surface area contributed by atoms with Crippen LogP contribution in [0.4, 0.5) is 5.69 Å². The molecule has 106 valence electrons. The fraction of sp³-hybridized carbons (Fsp3) is 0.417. The van der Waals surface area contributed by atoms with E-state index in [1.807, 2.05) is 0 Å². The third-order valence-corrected chi connectivity index (χ3v) is 3.58. The van der Waals surface area contributed by atoms with Gasteiger partial charge < -0.3 is 15.7 Å². The molecular formula is C12H18N2O4S. The number of amides is 1. The van der Waals surface area contributed by atoms with Crippen LogP contribution in [0.25, 0.3) is 0 Å². The average Bonchev–Trinajstić information content (AvgIpc) is 2.25. The topological polar surface area (TPSA) is 101 Å². The van der Waals surface area contributed by atoms with Crippen molar-refractivity contribution in [1.82, 2.24) is 4.90 Å². The summed E-state index contributed by atoms with van der Waals surface area (Å²) < 4.78 is 23.0. The van der Waals surface area contributed by atoms with Crippen molar-refractivity contribution in [2.45, 2.75) is 17.9 Å². The van der Waals surface area contributed by atoms with Gasteiger partial charge in [-0.25, -0.2) is 8.42 Å². The summed E-state index contributed by atoms with van der Waals surface area (Å²) in [5.74, 6) is -0.391. The Hall–Kier alpha value is -1.60. The summed E-state index contributed by atoms with van der Waals surface area (Å²) >= 11 is 0. The molecule has 0 heterocycles. The Kier molecular flexibility index (Phi) is 4.54. The molecule has 0 bridgehead atoms. The molecule has 0 fully saturated rings. The number of nitrogens with two attached hydrogens (primary N) is 1. The van der Waals surface area contributed by atoms with Gasteiger partial charge in [0.05, 0.1) is 11.0 Å². The molecule has 0 aliphatic carbocycles. The molecule has 0 aromatic heterocycles. The molecule has 0 aliphatic heterocycles. The molecule has 1 unspecified atom stereocenters. The van der Waals surface area contributed by atoms with Crippen LogP contribution < -0.4 is 5.73 Å². The highest BCUT2D eigenvalue weighted by atomic mass is 32.2. The number of sulfone groups is 1. The summed E-state index contributed by atoms with van der Waals surface area (Å²) in [7, 11) is -1.90. The molecule has 0 saturated carbocycles. The molecular weight excluding hydrogens is 268 g/mol. The Balaban J connectivity index is 3.14. The molecule has 0 spiro atoms. The third-order valence-electron chi connectivity index (χ3n) is 2.49. The first-order valence-electron chi connectivity index (χ1n) is 5.65. The highest BCUT2D eigenvalue weighted by Crippen LogP contribution is 2.18. The van der Waals surface area contributed by atoms with Gasteiger partial charge in [-0.2, -0.15) is 0 Å². The minimum Gasteiger partial charge on any atom is -0.399 e. The molecule has 1 atom stereocenters. The van der Waals surface area contributed by atoms with Crippen LogP contribution >= 0.6 is 0 Å². The first-order chi connectivity index (χ1) is 8.61. The van der Waals surface area contributed by atoms with Gasteiger partial charge >= 0.3 is 0 Å². The van der Waals surface area contributed by atoms with E-state index in [-0.39, 0.29) is 22.7 Å². The van der Waals surface area contributed by atoms with Gasteiger partial charge in [0.25, 0.3) is 5.91 Å². The van der Waals surface area contributed by atoms with E-state index >= 15 is 0 Å². The van der Waals surface area contributed by atoms with E-state index in [2.05, 4.69) is 0 Å². The van der Waals surface area contributed by atoms with Gasteiger partial charge in [-0.05, 0) is 25.1 Å². The number of aliphatic hydroxyl groups is 1. The fourth-order valence-electron chi connectivity index (χ4n) is 1.66. The van der Waals surface area contributed by atoms with Crippen LogP contribution in [0, 0.1) is 0 Å². The summed E-state index contributed by atoms with van der Waals surface area (Å²) in [5, 5.41) is 9.24. The Labute approximate surface area is 112 Å². The van der Waals surface area contributed by atoms with Crippen molar-refractivity contribution in [2.24, 2.45) is 0 Å². The summed E-state index contributed by atoms with van der Waals surface area (Å²) in [6.45, 7) is 1.72. The predicted molar refractivity (Wildman–Crippen MR) is 72.6 cm³/mol. The lowest BCUT2D eigenvalue weighted by Crippen LogP contribution is -2.33. The van der Waals surface area contributed by atoms with Gasteiger partial charge in [0.1, 0.15) is 0 Å². The van der Waals surface area contributed by atoms with Crippen molar-refractivity contribution in [1.29, 1.82) is 0 Å². The molecule has 0 aliphatic rings. The highest BCUT2D eigenvalue weighted by molar-refractivity contribution is 7.90. The highest BCUT2D eigenvalue weighted by Gasteiger charge is 2.17. The molecule has 7 heteroatoms. The fourth-order valence-corrected chi connectivity index (χ4v) is 2.35. The van der Waals surface area contributed by atoms with Gasteiger partial charge in [-0.15, -0.1) is 0 Å². The van der Waals surface area contributed by atoms with E-state index in [9.17, 15) is 18.3 Å². The molecule has 1 amide bonds. The van der Waals surface area contributed by atoms with Gasteiger partial charge in [0.15, 0.2) is 9.84 Å². The zero-order valence-corrected chi connectivity index (χ0v) is 11.9. The van der Waals surface area contributed by atoms with E-state index in [0.717, 1.165) is 6.26 Å². The van der Waals surface area contributed by atoms with Crippen molar-refractivity contribution < 1.29 is 18.3 Å². The number of hydrogen-bond acceptors (Lipinski definition) is 5. The predicted octanol–water partition coefficient (Wildman–Crippen LogP) is 0.125. The number of likely N-dealkylation sites (N-methyl/N-ethyl adjacent to an activating group) is 1. The van der Waals surface area contributed by atoms with Gasteiger partial charge in [0.2, 0.25) is 0 Å². The van der Waals surface area contributed by atoms with Crippen LogP contribution in [0.3, 0.4) is 0 Å². The van der Waals surface area contributed by atoms with Crippen LogP contribution in [0.1, 0.15) is 17.3 Å². The molecule has 0 saturated heterocycles. The molecule has 1 aromatic carbocycles. The van der Waals surface area contributed by atoms with Crippen LogP contribution in [0.2, 0.25) is 0 Å². The van der Waals surface area contributed by atoms with E-state index in [0.29, 0.717) is 0 Å². The SMILES string of the molecule is CC(O)CN(C)C(=O)c1cc(N)cc(S(C)(=O)=O)c1. The first kappa shape index (κ1) is 15.5. The summed E-state index contributed by atoms with van der Waals surface area (Å²) in [4.78, 5) is 13.4. The molecule has 19 heavy (non-hydrogen) atoms. The number of carbonyl (C=O) groups is 1. The van der Waals surface area contributed by atoms with E-state index in [1.165, 1.54) is 30.1 Å². The van der Waals surface area contributed by atoms with Gasteiger partial charge in [-0.1, -0.05) is 0 Å². The summed E-state index contributed by atoms with van der Waals surface area (Å²) in [5.41, 5.74) is 6.00. The van der Waals surface area contributed by atoms with Crippen molar-refractivity contribution in [3.05, 3.63) is 23.8 Å².